The van der Waals surface area contributed by atoms with Gasteiger partial charge in [0.1, 0.15) is 10.5 Å². The summed E-state index contributed by atoms with van der Waals surface area (Å²) < 4.78 is 6.80. The number of fused-ring (bicyclic) bond motifs is 3. The maximum absolute atomic E-state index is 12.1. The van der Waals surface area contributed by atoms with Crippen LogP contribution in [0.25, 0.3) is 4.83 Å². The van der Waals surface area contributed by atoms with E-state index in [4.69, 9.17) is 4.74 Å². The lowest BCUT2D eigenvalue weighted by Gasteiger charge is -2.14. The molecule has 4 rings (SSSR count). The Morgan fingerprint density at radius 2 is 2.31 bits per heavy atom. The van der Waals surface area contributed by atoms with Gasteiger partial charge in [-0.1, -0.05) is 0 Å². The van der Waals surface area contributed by atoms with Crippen LogP contribution in [-0.2, 0) is 33.6 Å². The minimum atomic E-state index is -1.07. The topological polar surface area (TPSA) is 92.9 Å². The van der Waals surface area contributed by atoms with E-state index in [1.54, 1.807) is 11.3 Å². The van der Waals surface area contributed by atoms with E-state index in [1.807, 2.05) is 10.7 Å². The third kappa shape index (κ3) is 3.01. The largest absolute Gasteiger partial charge is 0.477 e. The van der Waals surface area contributed by atoms with Gasteiger partial charge < -0.3 is 15.2 Å². The van der Waals surface area contributed by atoms with Crippen molar-refractivity contribution in [2.24, 2.45) is 0 Å². The van der Waals surface area contributed by atoms with Crippen molar-refractivity contribution in [3.63, 3.8) is 0 Å². The highest BCUT2D eigenvalue weighted by Gasteiger charge is 2.27. The molecule has 1 aliphatic heterocycles. The highest BCUT2D eigenvalue weighted by atomic mass is 32.2. The third-order valence-electron chi connectivity index (χ3n) is 4.50. The molecule has 2 N–H and O–H groups in total. The van der Waals surface area contributed by atoms with Gasteiger partial charge in [-0.2, -0.15) is 5.10 Å². The molecule has 0 saturated carbocycles. The maximum atomic E-state index is 12.1. The van der Waals surface area contributed by atoms with Crippen LogP contribution < -0.4 is 5.32 Å². The maximum Gasteiger partial charge on any atom is 0.352 e. The van der Waals surface area contributed by atoms with Crippen LogP contribution in [-0.4, -0.2) is 39.0 Å². The Morgan fingerprint density at radius 1 is 1.46 bits per heavy atom. The van der Waals surface area contributed by atoms with Crippen molar-refractivity contribution in [3.8, 4) is 0 Å². The molecule has 0 fully saturated rings. The summed E-state index contributed by atoms with van der Waals surface area (Å²) in [6.45, 7) is 0. The van der Waals surface area contributed by atoms with E-state index in [9.17, 15) is 14.7 Å². The van der Waals surface area contributed by atoms with E-state index in [2.05, 4.69) is 10.4 Å². The molecule has 136 valence electrons. The van der Waals surface area contributed by atoms with Gasteiger partial charge in [0.15, 0.2) is 0 Å². The van der Waals surface area contributed by atoms with Crippen LogP contribution in [0.15, 0.2) is 29.1 Å². The summed E-state index contributed by atoms with van der Waals surface area (Å²) in [6, 6.07) is 0. The number of nitrogens with zero attached hydrogens (tertiary/aromatic N) is 2. The lowest BCUT2D eigenvalue weighted by Crippen LogP contribution is -2.20. The first kappa shape index (κ1) is 17.2. The molecule has 0 aromatic carbocycles. The minimum absolute atomic E-state index is 0.0395. The van der Waals surface area contributed by atoms with E-state index in [-0.39, 0.29) is 10.9 Å². The second kappa shape index (κ2) is 6.81. The van der Waals surface area contributed by atoms with Crippen molar-refractivity contribution in [2.75, 3.05) is 7.11 Å². The number of carbonyl (C=O) groups is 2. The highest BCUT2D eigenvalue weighted by Crippen LogP contribution is 2.34. The number of aliphatic carboxylic acids is 1. The van der Waals surface area contributed by atoms with Crippen LogP contribution in [0.2, 0.25) is 0 Å². The van der Waals surface area contributed by atoms with Gasteiger partial charge >= 0.3 is 11.9 Å². The Morgan fingerprint density at radius 3 is 3.08 bits per heavy atom. The summed E-state index contributed by atoms with van der Waals surface area (Å²) in [6.07, 6.45) is 7.31. The second-order valence-corrected chi connectivity index (χ2v) is 8.32. The molecule has 0 saturated heterocycles. The quantitative estimate of drug-likeness (QED) is 0.771. The van der Waals surface area contributed by atoms with E-state index in [1.165, 1.54) is 46.6 Å². The molecule has 2 aromatic heterocycles. The summed E-state index contributed by atoms with van der Waals surface area (Å²) in [7, 11) is 1.32. The first-order chi connectivity index (χ1) is 12.6. The van der Waals surface area contributed by atoms with Crippen molar-refractivity contribution in [3.05, 3.63) is 45.2 Å². The van der Waals surface area contributed by atoms with Gasteiger partial charge in [-0.15, -0.1) is 23.1 Å². The van der Waals surface area contributed by atoms with Crippen LogP contribution in [0.3, 0.4) is 0 Å². The van der Waals surface area contributed by atoms with Gasteiger partial charge in [0.2, 0.25) is 0 Å². The number of carboxylic acids is 1. The summed E-state index contributed by atoms with van der Waals surface area (Å²) in [5.74, 6) is -1.53. The van der Waals surface area contributed by atoms with Gasteiger partial charge in [-0.05, 0) is 25.7 Å². The van der Waals surface area contributed by atoms with Crippen molar-refractivity contribution in [1.29, 1.82) is 0 Å². The standard InChI is InChI=1S/C17H17N3O4S2/c1-24-17(23)11-6-18-13(16(21)22)8-25-14(11)5-9-7-20-15(26-9)10-3-2-4-12(10)19-20/h6-8,14,18H,2-5H2,1H3,(H,21,22). The fourth-order valence-electron chi connectivity index (χ4n) is 3.23. The molecule has 0 radical (unpaired) electrons. The zero-order chi connectivity index (χ0) is 18.3. The van der Waals surface area contributed by atoms with Crippen molar-refractivity contribution < 1.29 is 19.4 Å². The molecule has 1 unspecified atom stereocenters. The summed E-state index contributed by atoms with van der Waals surface area (Å²) in [4.78, 5) is 25.6. The molecule has 3 heterocycles. The molecule has 2 aliphatic rings. The fourth-order valence-corrected chi connectivity index (χ4v) is 5.57. The van der Waals surface area contributed by atoms with Crippen LogP contribution in [0.1, 0.15) is 22.6 Å². The summed E-state index contributed by atoms with van der Waals surface area (Å²) in [5, 5.41) is 17.8. The van der Waals surface area contributed by atoms with Gasteiger partial charge in [0.05, 0.1) is 18.4 Å². The minimum Gasteiger partial charge on any atom is -0.477 e. The number of hydrogen-bond donors (Lipinski definition) is 2. The Labute approximate surface area is 157 Å². The third-order valence-corrected chi connectivity index (χ3v) is 6.78. The van der Waals surface area contributed by atoms with Crippen LogP contribution >= 0.6 is 23.1 Å². The number of thioether (sulfide) groups is 1. The molecule has 1 atom stereocenters. The monoisotopic (exact) mass is 391 g/mol. The number of nitrogens with one attached hydrogen (secondary N) is 1. The molecule has 0 bridgehead atoms. The van der Waals surface area contributed by atoms with Crippen molar-refractivity contribution >= 4 is 39.9 Å². The molecule has 1 aliphatic carbocycles. The Balaban J connectivity index is 1.62. The zero-order valence-electron chi connectivity index (χ0n) is 14.0. The van der Waals surface area contributed by atoms with E-state index < -0.39 is 11.9 Å². The molecule has 0 amide bonds. The Kier molecular flexibility index (Phi) is 4.49. The molecule has 26 heavy (non-hydrogen) atoms. The van der Waals surface area contributed by atoms with Gasteiger partial charge in [-0.3, -0.25) is 0 Å². The molecule has 0 spiro atoms. The van der Waals surface area contributed by atoms with Crippen molar-refractivity contribution in [1.82, 2.24) is 14.9 Å². The van der Waals surface area contributed by atoms with Gasteiger partial charge in [0, 0.05) is 33.5 Å². The Hall–Kier alpha value is -2.26. The number of aromatic nitrogens is 2. The molecular formula is C17H17N3O4S2. The average Bonchev–Trinajstić information content (AvgIpc) is 3.23. The van der Waals surface area contributed by atoms with E-state index in [0.29, 0.717) is 12.0 Å². The highest BCUT2D eigenvalue weighted by molar-refractivity contribution is 8.03. The van der Waals surface area contributed by atoms with E-state index in [0.717, 1.165) is 24.1 Å². The SMILES string of the molecule is COC(=O)C1=CNC(C(=O)O)=CSC1Cc1cn2nc3c(c2s1)CCC3. The first-order valence-electron chi connectivity index (χ1n) is 8.19. The number of thiazole rings is 1. The fraction of sp³-hybridized carbons (Fsp3) is 0.353. The number of rotatable bonds is 4. The van der Waals surface area contributed by atoms with Crippen molar-refractivity contribution in [2.45, 2.75) is 30.9 Å². The molecular weight excluding hydrogens is 374 g/mol. The predicted octanol–water partition coefficient (Wildman–Crippen LogP) is 2.11. The number of hydrogen-bond acceptors (Lipinski definition) is 7. The number of ether oxygens (including phenoxy) is 1. The van der Waals surface area contributed by atoms with Crippen LogP contribution in [0.4, 0.5) is 0 Å². The van der Waals surface area contributed by atoms with Gasteiger partial charge in [-0.25, -0.2) is 14.1 Å². The Bertz CT molecular complexity index is 957. The van der Waals surface area contributed by atoms with Gasteiger partial charge in [0.25, 0.3) is 0 Å². The molecule has 7 nitrogen and oxygen atoms in total. The average molecular weight is 391 g/mol. The van der Waals surface area contributed by atoms with E-state index >= 15 is 0 Å². The lowest BCUT2D eigenvalue weighted by atomic mass is 10.1. The zero-order valence-corrected chi connectivity index (χ0v) is 15.7. The number of methoxy groups -OCH3 is 1. The smallest absolute Gasteiger partial charge is 0.352 e. The first-order valence-corrected chi connectivity index (χ1v) is 9.95. The number of aryl methyl sites for hydroxylation is 2. The molecule has 2 aromatic rings. The number of carbonyl (C=O) groups excluding carboxylic acids is 1. The summed E-state index contributed by atoms with van der Waals surface area (Å²) >= 11 is 3.00. The lowest BCUT2D eigenvalue weighted by molar-refractivity contribution is -0.136. The normalized spacial score (nSPS) is 19.3. The number of carboxylic acid groups (broad SMARTS) is 1. The predicted molar refractivity (Wildman–Crippen MR) is 99.1 cm³/mol. The van der Waals surface area contributed by atoms with Crippen LogP contribution in [0.5, 0.6) is 0 Å². The number of esters is 1. The molecule has 9 heteroatoms. The summed E-state index contributed by atoms with van der Waals surface area (Å²) in [5.41, 5.74) is 2.99. The van der Waals surface area contributed by atoms with Crippen LogP contribution in [0, 0.1) is 0 Å². The second-order valence-electron chi connectivity index (χ2n) is 6.13.